The van der Waals surface area contributed by atoms with Crippen LogP contribution in [-0.2, 0) is 9.53 Å². The van der Waals surface area contributed by atoms with Gasteiger partial charge in [-0.25, -0.2) is 4.79 Å². The predicted molar refractivity (Wildman–Crippen MR) is 35.2 cm³/mol. The summed E-state index contributed by atoms with van der Waals surface area (Å²) < 4.78 is 4.27. The van der Waals surface area contributed by atoms with Crippen molar-refractivity contribution in [3.63, 3.8) is 0 Å². The minimum absolute atomic E-state index is 0.347. The molecule has 1 N–H and O–H groups in total. The standard InChI is InChI=1S/C5H4N4O3/c1-12-5(11)2-3(7-6)8-9-4(2)10/h10H,1H3. The van der Waals surface area contributed by atoms with Gasteiger partial charge in [0.15, 0.2) is 0 Å². The Balaban J connectivity index is 3.12. The second-order valence-electron chi connectivity index (χ2n) is 1.81. The van der Waals surface area contributed by atoms with E-state index in [0.29, 0.717) is 0 Å². The highest BCUT2D eigenvalue weighted by atomic mass is 16.5. The molecule has 0 saturated carbocycles. The summed E-state index contributed by atoms with van der Waals surface area (Å²) in [7, 11) is 1.12. The SMILES string of the molecule is COC(=O)C1=C(O)N=NC1=[N+]=[N-]. The molecule has 0 bridgehead atoms. The maximum absolute atomic E-state index is 10.8. The van der Waals surface area contributed by atoms with Crippen LogP contribution in [0.15, 0.2) is 21.7 Å². The van der Waals surface area contributed by atoms with Crippen LogP contribution in [0.3, 0.4) is 0 Å². The van der Waals surface area contributed by atoms with Gasteiger partial charge < -0.3 is 20.2 Å². The third-order valence-corrected chi connectivity index (χ3v) is 1.17. The van der Waals surface area contributed by atoms with Gasteiger partial charge in [0.05, 0.1) is 7.11 Å². The fourth-order valence-corrected chi connectivity index (χ4v) is 0.649. The number of aliphatic hydroxyl groups excluding tert-OH is 1. The molecule has 0 aliphatic carbocycles. The van der Waals surface area contributed by atoms with Crippen molar-refractivity contribution >= 4 is 11.8 Å². The number of carbonyl (C=O) groups is 1. The van der Waals surface area contributed by atoms with Crippen molar-refractivity contribution < 1.29 is 19.4 Å². The summed E-state index contributed by atoms with van der Waals surface area (Å²) in [5.41, 5.74) is 7.93. The average molecular weight is 168 g/mol. The van der Waals surface area contributed by atoms with Crippen LogP contribution in [0.25, 0.3) is 5.53 Å². The smallest absolute Gasteiger partial charge is 0.446 e. The van der Waals surface area contributed by atoms with Crippen molar-refractivity contribution in [1.82, 2.24) is 0 Å². The van der Waals surface area contributed by atoms with E-state index in [9.17, 15) is 4.79 Å². The number of hydrogen-bond donors (Lipinski definition) is 1. The number of rotatable bonds is 1. The Morgan fingerprint density at radius 2 is 2.33 bits per heavy atom. The molecule has 0 saturated heterocycles. The fraction of sp³-hybridized carbons (Fsp3) is 0.200. The highest BCUT2D eigenvalue weighted by Crippen LogP contribution is 2.14. The molecule has 0 radical (unpaired) electrons. The maximum atomic E-state index is 10.8. The monoisotopic (exact) mass is 168 g/mol. The van der Waals surface area contributed by atoms with Crippen LogP contribution in [0.1, 0.15) is 0 Å². The van der Waals surface area contributed by atoms with Gasteiger partial charge in [0.25, 0.3) is 5.88 Å². The van der Waals surface area contributed by atoms with Crippen molar-refractivity contribution in [2.24, 2.45) is 10.2 Å². The number of carbonyl (C=O) groups excluding carboxylic acids is 1. The lowest BCUT2D eigenvalue weighted by atomic mass is 10.3. The molecule has 1 aliphatic rings. The Morgan fingerprint density at radius 3 is 2.83 bits per heavy atom. The first kappa shape index (κ1) is 8.09. The molecular formula is C5H4N4O3. The molecule has 0 spiro atoms. The Kier molecular flexibility index (Phi) is 1.98. The Bertz CT molecular complexity index is 337. The summed E-state index contributed by atoms with van der Waals surface area (Å²) in [4.78, 5) is 13.5. The summed E-state index contributed by atoms with van der Waals surface area (Å²) >= 11 is 0. The maximum Gasteiger partial charge on any atom is 0.446 e. The number of aliphatic hydroxyl groups is 1. The zero-order valence-electron chi connectivity index (χ0n) is 6.05. The van der Waals surface area contributed by atoms with Crippen LogP contribution in [0.4, 0.5) is 0 Å². The summed E-state index contributed by atoms with van der Waals surface area (Å²) in [6.07, 6.45) is 0. The number of nitrogens with zero attached hydrogens (tertiary/aromatic N) is 4. The van der Waals surface area contributed by atoms with E-state index >= 15 is 0 Å². The quantitative estimate of drug-likeness (QED) is 0.338. The van der Waals surface area contributed by atoms with E-state index in [4.69, 9.17) is 10.6 Å². The van der Waals surface area contributed by atoms with Crippen molar-refractivity contribution in [2.45, 2.75) is 0 Å². The van der Waals surface area contributed by atoms with Crippen LogP contribution >= 0.6 is 0 Å². The summed E-state index contributed by atoms with van der Waals surface area (Å²) in [6.45, 7) is 0. The first-order valence-electron chi connectivity index (χ1n) is 2.86. The molecule has 0 fully saturated rings. The van der Waals surface area contributed by atoms with Gasteiger partial charge in [-0.2, -0.15) is 0 Å². The lowest BCUT2D eigenvalue weighted by Gasteiger charge is -1.92. The molecule has 7 heteroatoms. The van der Waals surface area contributed by atoms with Gasteiger partial charge in [-0.1, -0.05) is 0 Å². The Hall–Kier alpha value is -2.01. The van der Waals surface area contributed by atoms with E-state index in [0.717, 1.165) is 7.11 Å². The largest absolute Gasteiger partial charge is 0.497 e. The van der Waals surface area contributed by atoms with Gasteiger partial charge in [-0.15, -0.1) is 0 Å². The lowest BCUT2D eigenvalue weighted by Crippen LogP contribution is -2.12. The van der Waals surface area contributed by atoms with E-state index in [2.05, 4.69) is 19.8 Å². The number of esters is 1. The molecule has 7 nitrogen and oxygen atoms in total. The molecule has 0 aromatic rings. The summed E-state index contributed by atoms with van der Waals surface area (Å²) in [6, 6.07) is 0. The molecule has 0 amide bonds. The molecule has 1 heterocycles. The number of azo groups is 1. The number of hydrogen-bond acceptors (Lipinski definition) is 4. The molecule has 0 unspecified atom stereocenters. The second-order valence-corrected chi connectivity index (χ2v) is 1.81. The molecule has 62 valence electrons. The number of ether oxygens (including phenoxy) is 1. The van der Waals surface area contributed by atoms with Gasteiger partial charge >= 0.3 is 11.8 Å². The molecule has 0 aromatic carbocycles. The predicted octanol–water partition coefficient (Wildman–Crippen LogP) is 0.0231. The van der Waals surface area contributed by atoms with E-state index in [1.165, 1.54) is 0 Å². The molecule has 0 aromatic heterocycles. The van der Waals surface area contributed by atoms with Crippen molar-refractivity contribution in [3.05, 3.63) is 17.0 Å². The zero-order chi connectivity index (χ0) is 9.14. The Morgan fingerprint density at radius 1 is 1.67 bits per heavy atom. The van der Waals surface area contributed by atoms with Crippen LogP contribution < -0.4 is 0 Å². The summed E-state index contributed by atoms with van der Waals surface area (Å²) in [5.74, 6) is -1.83. The van der Waals surface area contributed by atoms with Crippen LogP contribution in [0, 0.1) is 0 Å². The number of amidine groups is 1. The van der Waals surface area contributed by atoms with Crippen molar-refractivity contribution in [3.8, 4) is 0 Å². The molecular weight excluding hydrogens is 164 g/mol. The highest BCUT2D eigenvalue weighted by molar-refractivity contribution is 6.18. The van der Waals surface area contributed by atoms with Crippen molar-refractivity contribution in [2.75, 3.05) is 7.11 Å². The van der Waals surface area contributed by atoms with E-state index in [1.807, 2.05) is 0 Å². The molecule has 0 atom stereocenters. The zero-order valence-corrected chi connectivity index (χ0v) is 6.05. The van der Waals surface area contributed by atoms with Gasteiger partial charge in [0, 0.05) is 5.11 Å². The van der Waals surface area contributed by atoms with Crippen LogP contribution in [-0.4, -0.2) is 28.8 Å². The average Bonchev–Trinajstić information content (AvgIpc) is 2.45. The molecule has 12 heavy (non-hydrogen) atoms. The van der Waals surface area contributed by atoms with Crippen LogP contribution in [0.5, 0.6) is 0 Å². The molecule has 1 aliphatic heterocycles. The topological polar surface area (TPSA) is 108 Å². The first-order chi connectivity index (χ1) is 5.70. The minimum Gasteiger partial charge on any atom is -0.497 e. The van der Waals surface area contributed by atoms with Gasteiger partial charge in [-0.3, -0.25) is 0 Å². The van der Waals surface area contributed by atoms with Gasteiger partial charge in [0.1, 0.15) is 5.11 Å². The fourth-order valence-electron chi connectivity index (χ4n) is 0.649. The highest BCUT2D eigenvalue weighted by Gasteiger charge is 2.35. The second kappa shape index (κ2) is 2.93. The normalized spacial score (nSPS) is 14.9. The van der Waals surface area contributed by atoms with Crippen LogP contribution in [0.2, 0.25) is 0 Å². The minimum atomic E-state index is -0.856. The number of methoxy groups -OCH3 is 1. The Labute approximate surface area is 66.6 Å². The van der Waals surface area contributed by atoms with E-state index < -0.39 is 11.9 Å². The van der Waals surface area contributed by atoms with Gasteiger partial charge in [0.2, 0.25) is 5.57 Å². The summed E-state index contributed by atoms with van der Waals surface area (Å²) in [5, 5.41) is 15.2. The third-order valence-electron chi connectivity index (χ3n) is 1.17. The third kappa shape index (κ3) is 1.08. The lowest BCUT2D eigenvalue weighted by molar-refractivity contribution is -0.136. The van der Waals surface area contributed by atoms with E-state index in [-0.39, 0.29) is 11.4 Å². The van der Waals surface area contributed by atoms with E-state index in [1.54, 1.807) is 0 Å². The molecule has 1 rings (SSSR count). The van der Waals surface area contributed by atoms with Crippen molar-refractivity contribution in [1.29, 1.82) is 0 Å². The first-order valence-corrected chi connectivity index (χ1v) is 2.86. The van der Waals surface area contributed by atoms with Gasteiger partial charge in [-0.05, 0) is 0 Å².